The van der Waals surface area contributed by atoms with Crippen LogP contribution in [0, 0.1) is 0 Å². The molecule has 0 saturated carbocycles. The van der Waals surface area contributed by atoms with E-state index in [0.29, 0.717) is 19.6 Å². The molecule has 0 aliphatic carbocycles. The van der Waals surface area contributed by atoms with Crippen LogP contribution < -0.4 is 0 Å². The summed E-state index contributed by atoms with van der Waals surface area (Å²) in [6.45, 7) is 1.22. The van der Waals surface area contributed by atoms with E-state index >= 15 is 0 Å². The highest BCUT2D eigenvalue weighted by Gasteiger charge is 2.01. The maximum Gasteiger partial charge on any atom is 0.330 e. The molecular weight excluding hydrogens is 240 g/mol. The molecule has 0 fully saturated rings. The van der Waals surface area contributed by atoms with Crippen LogP contribution in [0.3, 0.4) is 0 Å². The molecule has 0 rings (SSSR count). The van der Waals surface area contributed by atoms with Crippen LogP contribution in [0.1, 0.15) is 12.8 Å². The maximum atomic E-state index is 11.1. The quantitative estimate of drug-likeness (QED) is 0.327. The standard InChI is InChI=1S/C12H20O6/c1-15-7-9-17-11(13)5-3-4-6-12(14)18-10-8-16-2/h3,5H,4,6-10H2,1-2H3/b5-3+. The largest absolute Gasteiger partial charge is 0.463 e. The van der Waals surface area contributed by atoms with Gasteiger partial charge in [0.15, 0.2) is 0 Å². The highest BCUT2D eigenvalue weighted by atomic mass is 16.6. The van der Waals surface area contributed by atoms with E-state index in [2.05, 4.69) is 0 Å². The fraction of sp³-hybridized carbons (Fsp3) is 0.667. The lowest BCUT2D eigenvalue weighted by Gasteiger charge is -2.02. The molecule has 6 nitrogen and oxygen atoms in total. The van der Waals surface area contributed by atoms with Gasteiger partial charge in [-0.1, -0.05) is 6.08 Å². The van der Waals surface area contributed by atoms with E-state index in [1.54, 1.807) is 6.08 Å². The van der Waals surface area contributed by atoms with Crippen LogP contribution >= 0.6 is 0 Å². The smallest absolute Gasteiger partial charge is 0.330 e. The molecule has 0 heterocycles. The highest BCUT2D eigenvalue weighted by Crippen LogP contribution is 1.95. The molecule has 0 aromatic heterocycles. The number of rotatable bonds is 10. The van der Waals surface area contributed by atoms with Crippen LogP contribution in [-0.2, 0) is 28.5 Å². The molecule has 0 aliphatic rings. The van der Waals surface area contributed by atoms with E-state index in [0.717, 1.165) is 0 Å². The number of methoxy groups -OCH3 is 2. The molecule has 0 bridgehead atoms. The third-order valence-electron chi connectivity index (χ3n) is 1.85. The van der Waals surface area contributed by atoms with Gasteiger partial charge in [-0.3, -0.25) is 4.79 Å². The number of ether oxygens (including phenoxy) is 4. The Balaban J connectivity index is 3.51. The lowest BCUT2D eigenvalue weighted by molar-refractivity contribution is -0.145. The van der Waals surface area contributed by atoms with E-state index < -0.39 is 5.97 Å². The van der Waals surface area contributed by atoms with Gasteiger partial charge in [0.1, 0.15) is 13.2 Å². The fourth-order valence-corrected chi connectivity index (χ4v) is 0.965. The minimum absolute atomic E-state index is 0.221. The van der Waals surface area contributed by atoms with Crippen LogP contribution in [0.4, 0.5) is 0 Å². The second kappa shape index (κ2) is 12.1. The predicted molar refractivity (Wildman–Crippen MR) is 64.0 cm³/mol. The van der Waals surface area contributed by atoms with Crippen molar-refractivity contribution in [3.63, 3.8) is 0 Å². The number of esters is 2. The number of hydrogen-bond donors (Lipinski definition) is 0. The highest BCUT2D eigenvalue weighted by molar-refractivity contribution is 5.82. The molecular formula is C12H20O6. The van der Waals surface area contributed by atoms with Crippen LogP contribution in [0.15, 0.2) is 12.2 Å². The summed E-state index contributed by atoms with van der Waals surface area (Å²) in [6.07, 6.45) is 3.53. The van der Waals surface area contributed by atoms with Crippen molar-refractivity contribution in [2.24, 2.45) is 0 Å². The van der Waals surface area contributed by atoms with E-state index in [-0.39, 0.29) is 25.6 Å². The summed E-state index contributed by atoms with van der Waals surface area (Å²) in [4.78, 5) is 22.2. The Bertz CT molecular complexity index is 261. The van der Waals surface area contributed by atoms with Crippen molar-refractivity contribution in [2.45, 2.75) is 12.8 Å². The summed E-state index contributed by atoms with van der Waals surface area (Å²) >= 11 is 0. The number of carbonyl (C=O) groups is 2. The first kappa shape index (κ1) is 16.6. The topological polar surface area (TPSA) is 71.1 Å². The fourth-order valence-electron chi connectivity index (χ4n) is 0.965. The van der Waals surface area contributed by atoms with Gasteiger partial charge in [-0.2, -0.15) is 0 Å². The van der Waals surface area contributed by atoms with Gasteiger partial charge in [0.2, 0.25) is 0 Å². The van der Waals surface area contributed by atoms with E-state index in [9.17, 15) is 9.59 Å². The molecule has 0 amide bonds. The Labute approximate surface area is 107 Å². The zero-order valence-electron chi connectivity index (χ0n) is 10.8. The van der Waals surface area contributed by atoms with Gasteiger partial charge >= 0.3 is 11.9 Å². The second-order valence-electron chi connectivity index (χ2n) is 3.31. The third-order valence-corrected chi connectivity index (χ3v) is 1.85. The van der Waals surface area contributed by atoms with Crippen molar-refractivity contribution >= 4 is 11.9 Å². The first-order valence-corrected chi connectivity index (χ1v) is 5.67. The van der Waals surface area contributed by atoms with Crippen molar-refractivity contribution in [1.29, 1.82) is 0 Å². The molecule has 6 heteroatoms. The van der Waals surface area contributed by atoms with Crippen molar-refractivity contribution in [1.82, 2.24) is 0 Å². The van der Waals surface area contributed by atoms with Gasteiger partial charge < -0.3 is 18.9 Å². The summed E-state index contributed by atoms with van der Waals surface area (Å²) in [5.41, 5.74) is 0. The van der Waals surface area contributed by atoms with Crippen LogP contribution in [-0.4, -0.2) is 52.6 Å². The first-order valence-electron chi connectivity index (χ1n) is 5.67. The minimum Gasteiger partial charge on any atom is -0.463 e. The molecule has 0 saturated heterocycles. The Kier molecular flexibility index (Phi) is 11.1. The van der Waals surface area contributed by atoms with Gasteiger partial charge in [0.25, 0.3) is 0 Å². The van der Waals surface area contributed by atoms with Crippen LogP contribution in [0.25, 0.3) is 0 Å². The van der Waals surface area contributed by atoms with Gasteiger partial charge in [-0.15, -0.1) is 0 Å². The van der Waals surface area contributed by atoms with Gasteiger partial charge in [-0.05, 0) is 6.42 Å². The first-order chi connectivity index (χ1) is 8.70. The summed E-state index contributed by atoms with van der Waals surface area (Å²) in [5, 5.41) is 0. The summed E-state index contributed by atoms with van der Waals surface area (Å²) in [7, 11) is 3.06. The van der Waals surface area contributed by atoms with Crippen molar-refractivity contribution in [3.8, 4) is 0 Å². The molecule has 0 radical (unpaired) electrons. The SMILES string of the molecule is COCCOC(=O)/C=C/CCC(=O)OCCOC. The Morgan fingerprint density at radius 3 is 2.17 bits per heavy atom. The normalized spacial score (nSPS) is 10.6. The van der Waals surface area contributed by atoms with Gasteiger partial charge in [0, 0.05) is 26.7 Å². The van der Waals surface area contributed by atoms with E-state index in [1.165, 1.54) is 20.3 Å². The minimum atomic E-state index is -0.445. The molecule has 104 valence electrons. The Morgan fingerprint density at radius 1 is 0.944 bits per heavy atom. The molecule has 0 unspecified atom stereocenters. The van der Waals surface area contributed by atoms with Crippen molar-refractivity contribution < 1.29 is 28.5 Å². The molecule has 0 aromatic rings. The van der Waals surface area contributed by atoms with Crippen LogP contribution in [0.5, 0.6) is 0 Å². The van der Waals surface area contributed by atoms with E-state index in [4.69, 9.17) is 18.9 Å². The van der Waals surface area contributed by atoms with Gasteiger partial charge in [0.05, 0.1) is 13.2 Å². The van der Waals surface area contributed by atoms with Crippen molar-refractivity contribution in [2.75, 3.05) is 40.6 Å². The number of carbonyl (C=O) groups excluding carboxylic acids is 2. The van der Waals surface area contributed by atoms with E-state index in [1.807, 2.05) is 0 Å². The average Bonchev–Trinajstić information content (AvgIpc) is 2.35. The van der Waals surface area contributed by atoms with Gasteiger partial charge in [-0.25, -0.2) is 4.79 Å². The molecule has 0 atom stereocenters. The summed E-state index contributed by atoms with van der Waals surface area (Å²) in [6, 6.07) is 0. The van der Waals surface area contributed by atoms with Crippen molar-refractivity contribution in [3.05, 3.63) is 12.2 Å². The van der Waals surface area contributed by atoms with Crippen LogP contribution in [0.2, 0.25) is 0 Å². The number of hydrogen-bond acceptors (Lipinski definition) is 6. The average molecular weight is 260 g/mol. The second-order valence-corrected chi connectivity index (χ2v) is 3.31. The molecule has 0 aliphatic heterocycles. The zero-order chi connectivity index (χ0) is 13.6. The summed E-state index contributed by atoms with van der Waals surface area (Å²) < 4.78 is 19.1. The number of allylic oxidation sites excluding steroid dienone is 1. The Hall–Kier alpha value is -1.40. The molecule has 0 aromatic carbocycles. The molecule has 0 N–H and O–H groups in total. The predicted octanol–water partition coefficient (Wildman–Crippen LogP) is 0.702. The maximum absolute atomic E-state index is 11.1. The molecule has 18 heavy (non-hydrogen) atoms. The Morgan fingerprint density at radius 2 is 1.56 bits per heavy atom. The lowest BCUT2D eigenvalue weighted by atomic mass is 10.3. The lowest BCUT2D eigenvalue weighted by Crippen LogP contribution is -2.09. The summed E-state index contributed by atoms with van der Waals surface area (Å²) in [5.74, 6) is -0.760. The molecule has 0 spiro atoms. The third kappa shape index (κ3) is 11.1. The monoisotopic (exact) mass is 260 g/mol. The zero-order valence-corrected chi connectivity index (χ0v) is 10.8.